The van der Waals surface area contributed by atoms with Crippen LogP contribution in [-0.2, 0) is 13.0 Å². The summed E-state index contributed by atoms with van der Waals surface area (Å²) in [7, 11) is 1.63. The van der Waals surface area contributed by atoms with Crippen molar-refractivity contribution < 1.29 is 14.1 Å². The standard InChI is InChI=1S/C19H17N3O3/c1-24-15-4-2-3-14(11-15)18-16-12-22(10-7-17(16)25-21-18)19(23)13-5-8-20-9-6-13/h2-6,8-9,11H,7,10,12H2,1H3. The van der Waals surface area contributed by atoms with Crippen LogP contribution < -0.4 is 4.74 Å². The maximum absolute atomic E-state index is 12.7. The van der Waals surface area contributed by atoms with Crippen LogP contribution in [0.3, 0.4) is 0 Å². The molecular weight excluding hydrogens is 318 g/mol. The molecule has 25 heavy (non-hydrogen) atoms. The van der Waals surface area contributed by atoms with Crippen LogP contribution in [0, 0.1) is 0 Å². The number of ether oxygens (including phenoxy) is 1. The van der Waals surface area contributed by atoms with E-state index in [0.717, 1.165) is 28.3 Å². The van der Waals surface area contributed by atoms with Gasteiger partial charge >= 0.3 is 0 Å². The van der Waals surface area contributed by atoms with Crippen LogP contribution in [0.15, 0.2) is 53.3 Å². The molecule has 6 nitrogen and oxygen atoms in total. The topological polar surface area (TPSA) is 68.5 Å². The van der Waals surface area contributed by atoms with Crippen molar-refractivity contribution in [3.05, 3.63) is 65.7 Å². The minimum Gasteiger partial charge on any atom is -0.497 e. The lowest BCUT2D eigenvalue weighted by molar-refractivity contribution is 0.0729. The van der Waals surface area contributed by atoms with Gasteiger partial charge in [0, 0.05) is 42.0 Å². The normalized spacial score (nSPS) is 13.4. The number of fused-ring (bicyclic) bond motifs is 1. The highest BCUT2D eigenvalue weighted by Gasteiger charge is 2.28. The first kappa shape index (κ1) is 15.4. The molecule has 0 saturated heterocycles. The quantitative estimate of drug-likeness (QED) is 0.736. The molecule has 3 heterocycles. The predicted molar refractivity (Wildman–Crippen MR) is 91.2 cm³/mol. The van der Waals surface area contributed by atoms with Gasteiger partial charge in [0.05, 0.1) is 13.7 Å². The third kappa shape index (κ3) is 2.87. The van der Waals surface area contributed by atoms with Crippen LogP contribution in [0.4, 0.5) is 0 Å². The summed E-state index contributed by atoms with van der Waals surface area (Å²) in [6, 6.07) is 11.1. The number of carbonyl (C=O) groups excluding carboxylic acids is 1. The van der Waals surface area contributed by atoms with E-state index in [2.05, 4.69) is 10.1 Å². The number of nitrogens with zero attached hydrogens (tertiary/aromatic N) is 3. The van der Waals surface area contributed by atoms with Crippen LogP contribution >= 0.6 is 0 Å². The van der Waals surface area contributed by atoms with E-state index in [1.54, 1.807) is 31.6 Å². The van der Waals surface area contributed by atoms with Gasteiger partial charge in [-0.15, -0.1) is 0 Å². The maximum atomic E-state index is 12.7. The van der Waals surface area contributed by atoms with Crippen LogP contribution in [-0.4, -0.2) is 34.6 Å². The molecule has 1 amide bonds. The van der Waals surface area contributed by atoms with Gasteiger partial charge in [-0.05, 0) is 24.3 Å². The highest BCUT2D eigenvalue weighted by molar-refractivity contribution is 5.94. The summed E-state index contributed by atoms with van der Waals surface area (Å²) in [4.78, 5) is 18.5. The summed E-state index contributed by atoms with van der Waals surface area (Å²) in [6.07, 6.45) is 3.91. The third-order valence-electron chi connectivity index (χ3n) is 4.38. The van der Waals surface area contributed by atoms with Gasteiger partial charge in [0.1, 0.15) is 17.2 Å². The highest BCUT2D eigenvalue weighted by atomic mass is 16.5. The van der Waals surface area contributed by atoms with Crippen LogP contribution in [0.5, 0.6) is 5.75 Å². The fourth-order valence-corrected chi connectivity index (χ4v) is 3.06. The summed E-state index contributed by atoms with van der Waals surface area (Å²) in [6.45, 7) is 1.09. The van der Waals surface area contributed by atoms with E-state index >= 15 is 0 Å². The van der Waals surface area contributed by atoms with Crippen molar-refractivity contribution >= 4 is 5.91 Å². The largest absolute Gasteiger partial charge is 0.497 e. The Morgan fingerprint density at radius 1 is 1.24 bits per heavy atom. The molecule has 126 valence electrons. The Labute approximate surface area is 145 Å². The Balaban J connectivity index is 1.64. The molecule has 0 unspecified atom stereocenters. The first-order valence-electron chi connectivity index (χ1n) is 8.07. The maximum Gasteiger partial charge on any atom is 0.254 e. The first-order valence-corrected chi connectivity index (χ1v) is 8.07. The number of amides is 1. The number of hydrogen-bond acceptors (Lipinski definition) is 5. The van der Waals surface area contributed by atoms with Crippen molar-refractivity contribution in [3.63, 3.8) is 0 Å². The average Bonchev–Trinajstić information content (AvgIpc) is 3.11. The van der Waals surface area contributed by atoms with E-state index in [0.29, 0.717) is 25.1 Å². The van der Waals surface area contributed by atoms with Crippen molar-refractivity contribution in [1.82, 2.24) is 15.0 Å². The van der Waals surface area contributed by atoms with E-state index in [9.17, 15) is 4.79 Å². The number of aromatic nitrogens is 2. The van der Waals surface area contributed by atoms with E-state index in [4.69, 9.17) is 9.26 Å². The molecule has 6 heteroatoms. The molecule has 1 aromatic carbocycles. The zero-order valence-electron chi connectivity index (χ0n) is 13.8. The van der Waals surface area contributed by atoms with Gasteiger partial charge in [-0.25, -0.2) is 0 Å². The zero-order chi connectivity index (χ0) is 17.2. The van der Waals surface area contributed by atoms with Gasteiger partial charge in [-0.3, -0.25) is 9.78 Å². The molecule has 1 aliphatic heterocycles. The van der Waals surface area contributed by atoms with Crippen LogP contribution in [0.2, 0.25) is 0 Å². The van der Waals surface area contributed by atoms with Crippen molar-refractivity contribution in [2.45, 2.75) is 13.0 Å². The first-order chi connectivity index (χ1) is 12.3. The molecule has 0 radical (unpaired) electrons. The van der Waals surface area contributed by atoms with Gasteiger partial charge in [-0.2, -0.15) is 0 Å². The molecule has 0 fully saturated rings. The fourth-order valence-electron chi connectivity index (χ4n) is 3.06. The molecule has 1 aliphatic rings. The molecule has 0 spiro atoms. The number of carbonyl (C=O) groups is 1. The Morgan fingerprint density at radius 2 is 2.08 bits per heavy atom. The van der Waals surface area contributed by atoms with Crippen LogP contribution in [0.25, 0.3) is 11.3 Å². The minimum absolute atomic E-state index is 0.00848. The van der Waals surface area contributed by atoms with Crippen molar-refractivity contribution in [2.75, 3.05) is 13.7 Å². The fraction of sp³-hybridized carbons (Fsp3) is 0.211. The van der Waals surface area contributed by atoms with Gasteiger partial charge in [0.15, 0.2) is 0 Å². The Morgan fingerprint density at radius 3 is 2.88 bits per heavy atom. The second-order valence-electron chi connectivity index (χ2n) is 5.88. The molecular formula is C19H17N3O3. The Bertz CT molecular complexity index is 905. The molecule has 3 aromatic rings. The lowest BCUT2D eigenvalue weighted by Gasteiger charge is -2.26. The minimum atomic E-state index is -0.00848. The smallest absolute Gasteiger partial charge is 0.254 e. The Hall–Kier alpha value is -3.15. The molecule has 0 bridgehead atoms. The van der Waals surface area contributed by atoms with Gasteiger partial charge in [0.25, 0.3) is 5.91 Å². The number of benzene rings is 1. The zero-order valence-corrected chi connectivity index (χ0v) is 13.8. The number of pyridine rings is 1. The number of rotatable bonds is 3. The summed E-state index contributed by atoms with van der Waals surface area (Å²) >= 11 is 0. The van der Waals surface area contributed by atoms with Crippen LogP contribution in [0.1, 0.15) is 21.7 Å². The van der Waals surface area contributed by atoms with Crippen molar-refractivity contribution in [1.29, 1.82) is 0 Å². The predicted octanol–water partition coefficient (Wildman–Crippen LogP) is 2.94. The highest BCUT2D eigenvalue weighted by Crippen LogP contribution is 2.32. The summed E-state index contributed by atoms with van der Waals surface area (Å²) < 4.78 is 10.8. The molecule has 0 atom stereocenters. The molecule has 0 N–H and O–H groups in total. The van der Waals surface area contributed by atoms with Gasteiger partial charge in [-0.1, -0.05) is 17.3 Å². The van der Waals surface area contributed by atoms with E-state index in [1.807, 2.05) is 29.2 Å². The van der Waals surface area contributed by atoms with E-state index in [-0.39, 0.29) is 5.91 Å². The molecule has 0 saturated carbocycles. The molecule has 0 aliphatic carbocycles. The van der Waals surface area contributed by atoms with Gasteiger partial charge in [0.2, 0.25) is 0 Å². The summed E-state index contributed by atoms with van der Waals surface area (Å²) in [5.74, 6) is 1.59. The SMILES string of the molecule is COc1cccc(-c2noc3c2CN(C(=O)c2ccncc2)CC3)c1. The molecule has 2 aromatic heterocycles. The number of methoxy groups -OCH3 is 1. The van der Waals surface area contributed by atoms with Crippen molar-refractivity contribution in [3.8, 4) is 17.0 Å². The third-order valence-corrected chi connectivity index (χ3v) is 4.38. The van der Waals surface area contributed by atoms with E-state index in [1.165, 1.54) is 0 Å². The summed E-state index contributed by atoms with van der Waals surface area (Å²) in [5, 5.41) is 4.23. The lowest BCUT2D eigenvalue weighted by atomic mass is 10.0. The van der Waals surface area contributed by atoms with E-state index < -0.39 is 0 Å². The summed E-state index contributed by atoms with van der Waals surface area (Å²) in [5.41, 5.74) is 3.28. The molecule has 4 rings (SSSR count). The Kier molecular flexibility index (Phi) is 3.93. The second kappa shape index (κ2) is 6.39. The lowest BCUT2D eigenvalue weighted by Crippen LogP contribution is -2.35. The number of hydrogen-bond donors (Lipinski definition) is 0. The van der Waals surface area contributed by atoms with Gasteiger partial charge < -0.3 is 14.2 Å². The average molecular weight is 335 g/mol. The second-order valence-corrected chi connectivity index (χ2v) is 5.88. The monoisotopic (exact) mass is 335 g/mol. The van der Waals surface area contributed by atoms with Crippen molar-refractivity contribution in [2.24, 2.45) is 0 Å².